The number of anilines is 2. The number of aromatic nitrogens is 2. The summed E-state index contributed by atoms with van der Waals surface area (Å²) in [6.07, 6.45) is 1.80. The van der Waals surface area contributed by atoms with Crippen LogP contribution in [0.15, 0.2) is 66.9 Å². The number of methoxy groups -OCH3 is 1. The molecule has 0 amide bonds. The second-order valence-electron chi connectivity index (χ2n) is 6.60. The summed E-state index contributed by atoms with van der Waals surface area (Å²) in [5, 5.41) is 3.31. The number of ether oxygens (including phenoxy) is 2. The van der Waals surface area contributed by atoms with Crippen LogP contribution in [-0.2, 0) is 11.3 Å². The molecular weight excluding hydrogens is 352 g/mol. The molecule has 144 valence electrons. The van der Waals surface area contributed by atoms with Gasteiger partial charge in [-0.2, -0.15) is 4.98 Å². The topological polar surface area (TPSA) is 59.5 Å². The van der Waals surface area contributed by atoms with E-state index in [1.165, 1.54) is 5.56 Å². The van der Waals surface area contributed by atoms with E-state index in [4.69, 9.17) is 14.5 Å². The van der Waals surface area contributed by atoms with E-state index in [1.807, 2.05) is 36.4 Å². The van der Waals surface area contributed by atoms with Crippen molar-refractivity contribution in [3.63, 3.8) is 0 Å². The van der Waals surface area contributed by atoms with Crippen molar-refractivity contribution in [3.8, 4) is 5.75 Å². The van der Waals surface area contributed by atoms with Gasteiger partial charge < -0.3 is 19.7 Å². The smallest absolute Gasteiger partial charge is 0.224 e. The number of hydrogen-bond acceptors (Lipinski definition) is 6. The van der Waals surface area contributed by atoms with E-state index in [-0.39, 0.29) is 6.04 Å². The van der Waals surface area contributed by atoms with E-state index in [2.05, 4.69) is 39.5 Å². The third-order valence-electron chi connectivity index (χ3n) is 4.88. The standard InChI is InChI=1S/C22H24N4O2/c1-27-20-10-6-5-9-18(20)15-24-22-23-12-11-21(25-22)26-13-14-28-16-19(26)17-7-3-2-4-8-17/h2-12,19H,13-16H2,1H3,(H,23,24,25). The van der Waals surface area contributed by atoms with Crippen molar-refractivity contribution in [2.45, 2.75) is 12.6 Å². The Kier molecular flexibility index (Phi) is 5.68. The summed E-state index contributed by atoms with van der Waals surface area (Å²) < 4.78 is 11.1. The van der Waals surface area contributed by atoms with Crippen LogP contribution in [0, 0.1) is 0 Å². The number of hydrogen-bond donors (Lipinski definition) is 1. The second-order valence-corrected chi connectivity index (χ2v) is 6.60. The SMILES string of the molecule is COc1ccccc1CNc1nccc(N2CCOCC2c2ccccc2)n1. The molecular formula is C22H24N4O2. The van der Waals surface area contributed by atoms with Crippen molar-refractivity contribution in [1.29, 1.82) is 0 Å². The molecule has 2 heterocycles. The normalized spacial score (nSPS) is 16.6. The average Bonchev–Trinajstić information content (AvgIpc) is 2.78. The van der Waals surface area contributed by atoms with Gasteiger partial charge in [-0.3, -0.25) is 0 Å². The first kappa shape index (κ1) is 18.3. The van der Waals surface area contributed by atoms with Crippen LogP contribution in [0.25, 0.3) is 0 Å². The molecule has 0 spiro atoms. The maximum Gasteiger partial charge on any atom is 0.224 e. The molecule has 0 saturated carbocycles. The first-order valence-corrected chi connectivity index (χ1v) is 9.43. The van der Waals surface area contributed by atoms with Crippen LogP contribution in [0.4, 0.5) is 11.8 Å². The van der Waals surface area contributed by atoms with Gasteiger partial charge >= 0.3 is 0 Å². The average molecular weight is 376 g/mol. The van der Waals surface area contributed by atoms with E-state index < -0.39 is 0 Å². The zero-order valence-electron chi connectivity index (χ0n) is 15.9. The van der Waals surface area contributed by atoms with Gasteiger partial charge in [-0.15, -0.1) is 0 Å². The Morgan fingerprint density at radius 3 is 2.79 bits per heavy atom. The van der Waals surface area contributed by atoms with Gasteiger partial charge in [0.05, 0.1) is 26.4 Å². The molecule has 6 heteroatoms. The van der Waals surface area contributed by atoms with Crippen LogP contribution < -0.4 is 15.0 Å². The zero-order valence-corrected chi connectivity index (χ0v) is 15.9. The summed E-state index contributed by atoms with van der Waals surface area (Å²) in [7, 11) is 1.68. The quantitative estimate of drug-likeness (QED) is 0.708. The molecule has 28 heavy (non-hydrogen) atoms. The largest absolute Gasteiger partial charge is 0.496 e. The maximum absolute atomic E-state index is 5.73. The highest BCUT2D eigenvalue weighted by molar-refractivity contribution is 5.46. The highest BCUT2D eigenvalue weighted by Gasteiger charge is 2.25. The van der Waals surface area contributed by atoms with Crippen LogP contribution in [-0.4, -0.2) is 36.8 Å². The molecule has 6 nitrogen and oxygen atoms in total. The molecule has 2 aromatic carbocycles. The van der Waals surface area contributed by atoms with E-state index in [0.717, 1.165) is 23.7 Å². The van der Waals surface area contributed by atoms with Crippen molar-refractivity contribution in [2.75, 3.05) is 37.1 Å². The fourth-order valence-electron chi connectivity index (χ4n) is 3.45. The Labute approximate surface area is 165 Å². The summed E-state index contributed by atoms with van der Waals surface area (Å²) in [6.45, 7) is 2.73. The van der Waals surface area contributed by atoms with Crippen molar-refractivity contribution < 1.29 is 9.47 Å². The van der Waals surface area contributed by atoms with Crippen LogP contribution in [0.5, 0.6) is 5.75 Å². The molecule has 1 aromatic heterocycles. The summed E-state index contributed by atoms with van der Waals surface area (Å²) in [4.78, 5) is 11.4. The molecule has 1 N–H and O–H groups in total. The molecule has 3 aromatic rings. The zero-order chi connectivity index (χ0) is 19.2. The molecule has 1 unspecified atom stereocenters. The van der Waals surface area contributed by atoms with Crippen LogP contribution >= 0.6 is 0 Å². The Balaban J connectivity index is 1.52. The minimum Gasteiger partial charge on any atom is -0.496 e. The summed E-state index contributed by atoms with van der Waals surface area (Å²) in [5.74, 6) is 2.35. The lowest BCUT2D eigenvalue weighted by molar-refractivity contribution is 0.0937. The first-order chi connectivity index (χ1) is 13.8. The molecule has 1 atom stereocenters. The Morgan fingerprint density at radius 1 is 1.11 bits per heavy atom. The third-order valence-corrected chi connectivity index (χ3v) is 4.88. The predicted molar refractivity (Wildman–Crippen MR) is 110 cm³/mol. The van der Waals surface area contributed by atoms with Crippen molar-refractivity contribution in [3.05, 3.63) is 78.0 Å². The van der Waals surface area contributed by atoms with Crippen molar-refractivity contribution >= 4 is 11.8 Å². The van der Waals surface area contributed by atoms with E-state index >= 15 is 0 Å². The fourth-order valence-corrected chi connectivity index (χ4v) is 3.45. The van der Waals surface area contributed by atoms with Crippen LogP contribution in [0.3, 0.4) is 0 Å². The number of morpholine rings is 1. The number of nitrogens with zero attached hydrogens (tertiary/aromatic N) is 3. The number of rotatable bonds is 6. The third kappa shape index (κ3) is 4.07. The Hall–Kier alpha value is -3.12. The highest BCUT2D eigenvalue weighted by Crippen LogP contribution is 2.29. The minimum atomic E-state index is 0.145. The lowest BCUT2D eigenvalue weighted by Gasteiger charge is -2.36. The Bertz CT molecular complexity index is 904. The monoisotopic (exact) mass is 376 g/mol. The summed E-state index contributed by atoms with van der Waals surface area (Å²) in [5.41, 5.74) is 2.29. The highest BCUT2D eigenvalue weighted by atomic mass is 16.5. The second kappa shape index (κ2) is 8.71. The molecule has 1 saturated heterocycles. The van der Waals surface area contributed by atoms with Gasteiger partial charge in [0.15, 0.2) is 0 Å². The molecule has 4 rings (SSSR count). The van der Waals surface area contributed by atoms with Crippen LogP contribution in [0.1, 0.15) is 17.2 Å². The van der Waals surface area contributed by atoms with Crippen LogP contribution in [0.2, 0.25) is 0 Å². The lowest BCUT2D eigenvalue weighted by atomic mass is 10.1. The lowest BCUT2D eigenvalue weighted by Crippen LogP contribution is -2.40. The molecule has 0 radical (unpaired) electrons. The molecule has 0 bridgehead atoms. The van der Waals surface area contributed by atoms with Gasteiger partial charge in [0.1, 0.15) is 11.6 Å². The van der Waals surface area contributed by atoms with Gasteiger partial charge in [0, 0.05) is 24.8 Å². The molecule has 1 fully saturated rings. The molecule has 1 aliphatic heterocycles. The summed E-state index contributed by atoms with van der Waals surface area (Å²) in [6, 6.07) is 20.4. The van der Waals surface area contributed by atoms with Crippen molar-refractivity contribution in [1.82, 2.24) is 9.97 Å². The van der Waals surface area contributed by atoms with Gasteiger partial charge in [0.25, 0.3) is 0 Å². The predicted octanol–water partition coefficient (Wildman–Crippen LogP) is 3.68. The van der Waals surface area contributed by atoms with Gasteiger partial charge in [-0.05, 0) is 17.7 Å². The van der Waals surface area contributed by atoms with E-state index in [0.29, 0.717) is 25.7 Å². The first-order valence-electron chi connectivity index (χ1n) is 9.43. The number of para-hydroxylation sites is 1. The van der Waals surface area contributed by atoms with E-state index in [9.17, 15) is 0 Å². The van der Waals surface area contributed by atoms with Gasteiger partial charge in [-0.1, -0.05) is 48.5 Å². The van der Waals surface area contributed by atoms with E-state index in [1.54, 1.807) is 13.3 Å². The number of nitrogens with one attached hydrogen (secondary N) is 1. The molecule has 1 aliphatic rings. The summed E-state index contributed by atoms with van der Waals surface area (Å²) >= 11 is 0. The van der Waals surface area contributed by atoms with Gasteiger partial charge in [0.2, 0.25) is 5.95 Å². The Morgan fingerprint density at radius 2 is 1.93 bits per heavy atom. The van der Waals surface area contributed by atoms with Crippen molar-refractivity contribution in [2.24, 2.45) is 0 Å². The number of benzene rings is 2. The fraction of sp³-hybridized carbons (Fsp3) is 0.273. The van der Waals surface area contributed by atoms with Gasteiger partial charge in [-0.25, -0.2) is 4.98 Å². The minimum absolute atomic E-state index is 0.145. The molecule has 0 aliphatic carbocycles. The maximum atomic E-state index is 5.73.